The Kier molecular flexibility index (Phi) is 5.28. The van der Waals surface area contributed by atoms with Crippen LogP contribution in [0, 0.1) is 5.92 Å². The van der Waals surface area contributed by atoms with E-state index in [-0.39, 0.29) is 6.61 Å². The summed E-state index contributed by atoms with van der Waals surface area (Å²) in [6.45, 7) is 2.41. The first-order valence-corrected chi connectivity index (χ1v) is 8.07. The molecule has 1 fully saturated rings. The number of nitrogens with zero attached hydrogens (tertiary/aromatic N) is 1. The Labute approximate surface area is 124 Å². The monoisotopic (exact) mass is 325 g/mol. The molecule has 1 N–H and O–H groups in total. The van der Waals surface area contributed by atoms with Crippen molar-refractivity contribution in [2.24, 2.45) is 5.92 Å². The second-order valence-corrected chi connectivity index (χ2v) is 6.49. The third kappa shape index (κ3) is 3.51. The molecule has 2 nitrogen and oxygen atoms in total. The molecular weight excluding hydrogens is 302 g/mol. The minimum atomic E-state index is 0.101. The molecule has 0 spiro atoms. The van der Waals surface area contributed by atoms with Crippen LogP contribution in [0.5, 0.6) is 0 Å². The maximum atomic E-state index is 9.16. The highest BCUT2D eigenvalue weighted by Crippen LogP contribution is 2.34. The van der Waals surface area contributed by atoms with E-state index in [4.69, 9.17) is 5.11 Å². The van der Waals surface area contributed by atoms with E-state index in [1.54, 1.807) is 0 Å². The van der Waals surface area contributed by atoms with Gasteiger partial charge in [0.25, 0.3) is 0 Å². The molecule has 1 saturated carbocycles. The molecule has 2 rings (SSSR count). The molecular formula is C16H24BrNO. The van der Waals surface area contributed by atoms with Gasteiger partial charge in [0, 0.05) is 17.6 Å². The number of rotatable bonds is 4. The van der Waals surface area contributed by atoms with Gasteiger partial charge in [-0.15, -0.1) is 0 Å². The van der Waals surface area contributed by atoms with Crippen LogP contribution in [0.2, 0.25) is 0 Å². The highest BCUT2D eigenvalue weighted by atomic mass is 79.9. The predicted octanol–water partition coefficient (Wildman–Crippen LogP) is 4.35. The Balaban J connectivity index is 2.05. The third-order valence-corrected chi connectivity index (χ3v) is 5.15. The first-order chi connectivity index (χ1) is 9.15. The minimum Gasteiger partial charge on any atom is -0.392 e. The van der Waals surface area contributed by atoms with Gasteiger partial charge in [0.05, 0.1) is 12.3 Å². The lowest BCUT2D eigenvalue weighted by Gasteiger charge is -2.36. The first kappa shape index (κ1) is 14.9. The summed E-state index contributed by atoms with van der Waals surface area (Å²) in [5.41, 5.74) is 2.19. The Morgan fingerprint density at radius 1 is 1.26 bits per heavy atom. The van der Waals surface area contributed by atoms with Crippen molar-refractivity contribution >= 4 is 21.6 Å². The van der Waals surface area contributed by atoms with Gasteiger partial charge in [0.15, 0.2) is 0 Å². The molecule has 1 aliphatic carbocycles. The number of hydrogen-bond donors (Lipinski definition) is 1. The molecule has 0 aliphatic heterocycles. The first-order valence-electron chi connectivity index (χ1n) is 7.27. The fraction of sp³-hybridized carbons (Fsp3) is 0.625. The van der Waals surface area contributed by atoms with Gasteiger partial charge in [-0.2, -0.15) is 0 Å². The van der Waals surface area contributed by atoms with Crippen LogP contribution in [-0.2, 0) is 6.61 Å². The highest BCUT2D eigenvalue weighted by Gasteiger charge is 2.24. The van der Waals surface area contributed by atoms with Crippen molar-refractivity contribution < 1.29 is 5.11 Å². The lowest BCUT2D eigenvalue weighted by atomic mass is 9.84. The number of halogens is 1. The summed E-state index contributed by atoms with van der Waals surface area (Å²) in [7, 11) is 2.19. The van der Waals surface area contributed by atoms with Crippen LogP contribution in [-0.4, -0.2) is 18.2 Å². The smallest absolute Gasteiger partial charge is 0.0682 e. The molecule has 0 saturated heterocycles. The van der Waals surface area contributed by atoms with Gasteiger partial charge in [0.2, 0.25) is 0 Å². The fourth-order valence-corrected chi connectivity index (χ4v) is 3.78. The van der Waals surface area contributed by atoms with Crippen molar-refractivity contribution in [3.8, 4) is 0 Å². The summed E-state index contributed by atoms with van der Waals surface area (Å²) >= 11 is 3.63. The number of benzene rings is 1. The van der Waals surface area contributed by atoms with Gasteiger partial charge in [-0.25, -0.2) is 0 Å². The second kappa shape index (κ2) is 6.76. The summed E-state index contributed by atoms with van der Waals surface area (Å²) in [6, 6.07) is 6.79. The minimum absolute atomic E-state index is 0.101. The number of hydrogen-bond acceptors (Lipinski definition) is 2. The number of anilines is 1. The van der Waals surface area contributed by atoms with Crippen LogP contribution in [0.3, 0.4) is 0 Å². The predicted molar refractivity (Wildman–Crippen MR) is 84.5 cm³/mol. The standard InChI is InChI=1S/C16H24BrNO/c1-3-12-4-7-14(8-5-12)18(2)16-9-6-13(11-19)10-15(16)17/h6,9-10,12,14,19H,3-5,7-8,11H2,1-2H3. The van der Waals surface area contributed by atoms with Crippen LogP contribution < -0.4 is 4.90 Å². The molecule has 0 atom stereocenters. The van der Waals surface area contributed by atoms with Gasteiger partial charge in [0.1, 0.15) is 0 Å². The van der Waals surface area contributed by atoms with Crippen molar-refractivity contribution in [2.45, 2.75) is 51.7 Å². The van der Waals surface area contributed by atoms with Crippen LogP contribution in [0.4, 0.5) is 5.69 Å². The molecule has 0 aromatic heterocycles. The zero-order chi connectivity index (χ0) is 13.8. The lowest BCUT2D eigenvalue weighted by Crippen LogP contribution is -2.35. The topological polar surface area (TPSA) is 23.5 Å². The molecule has 0 radical (unpaired) electrons. The summed E-state index contributed by atoms with van der Waals surface area (Å²) < 4.78 is 1.08. The van der Waals surface area contributed by atoms with Gasteiger partial charge >= 0.3 is 0 Å². The van der Waals surface area contributed by atoms with Crippen molar-refractivity contribution in [1.82, 2.24) is 0 Å². The van der Waals surface area contributed by atoms with E-state index in [2.05, 4.69) is 40.9 Å². The molecule has 0 bridgehead atoms. The van der Waals surface area contributed by atoms with Gasteiger partial charge in [-0.1, -0.05) is 19.4 Å². The number of aliphatic hydroxyl groups excluding tert-OH is 1. The molecule has 1 aromatic carbocycles. The fourth-order valence-electron chi connectivity index (χ4n) is 3.07. The zero-order valence-electron chi connectivity index (χ0n) is 11.9. The van der Waals surface area contributed by atoms with E-state index in [9.17, 15) is 0 Å². The third-order valence-electron chi connectivity index (χ3n) is 4.52. The van der Waals surface area contributed by atoms with Gasteiger partial charge in [-0.05, 0) is 65.2 Å². The Bertz CT molecular complexity index is 413. The molecule has 0 unspecified atom stereocenters. The quantitative estimate of drug-likeness (QED) is 0.889. The Morgan fingerprint density at radius 2 is 1.95 bits per heavy atom. The molecule has 0 heterocycles. The largest absolute Gasteiger partial charge is 0.392 e. The summed E-state index contributed by atoms with van der Waals surface area (Å²) in [4.78, 5) is 2.40. The van der Waals surface area contributed by atoms with E-state index in [0.717, 1.165) is 16.0 Å². The molecule has 106 valence electrons. The average molecular weight is 326 g/mol. The van der Waals surface area contributed by atoms with E-state index < -0.39 is 0 Å². The van der Waals surface area contributed by atoms with E-state index >= 15 is 0 Å². The zero-order valence-corrected chi connectivity index (χ0v) is 13.5. The maximum absolute atomic E-state index is 9.16. The van der Waals surface area contributed by atoms with E-state index in [1.807, 2.05) is 12.1 Å². The molecule has 19 heavy (non-hydrogen) atoms. The van der Waals surface area contributed by atoms with Crippen LogP contribution >= 0.6 is 15.9 Å². The summed E-state index contributed by atoms with van der Waals surface area (Å²) in [5.74, 6) is 0.935. The van der Waals surface area contributed by atoms with Crippen molar-refractivity contribution in [3.63, 3.8) is 0 Å². The van der Waals surface area contributed by atoms with Crippen LogP contribution in [0.25, 0.3) is 0 Å². The molecule has 1 aliphatic rings. The van der Waals surface area contributed by atoms with Crippen LogP contribution in [0.15, 0.2) is 22.7 Å². The maximum Gasteiger partial charge on any atom is 0.0682 e. The van der Waals surface area contributed by atoms with E-state index in [1.165, 1.54) is 37.8 Å². The molecule has 3 heteroatoms. The molecule has 0 amide bonds. The Morgan fingerprint density at radius 3 is 2.47 bits per heavy atom. The summed E-state index contributed by atoms with van der Waals surface area (Å²) in [5, 5.41) is 9.16. The van der Waals surface area contributed by atoms with Crippen molar-refractivity contribution in [1.29, 1.82) is 0 Å². The molecule has 1 aromatic rings. The average Bonchev–Trinajstić information content (AvgIpc) is 2.46. The van der Waals surface area contributed by atoms with Gasteiger partial charge < -0.3 is 10.0 Å². The van der Waals surface area contributed by atoms with E-state index in [0.29, 0.717) is 6.04 Å². The van der Waals surface area contributed by atoms with Gasteiger partial charge in [-0.3, -0.25) is 0 Å². The van der Waals surface area contributed by atoms with Crippen molar-refractivity contribution in [2.75, 3.05) is 11.9 Å². The van der Waals surface area contributed by atoms with Crippen molar-refractivity contribution in [3.05, 3.63) is 28.2 Å². The second-order valence-electron chi connectivity index (χ2n) is 5.64. The lowest BCUT2D eigenvalue weighted by molar-refractivity contribution is 0.281. The SMILES string of the molecule is CCC1CCC(N(C)c2ccc(CO)cc2Br)CC1. The normalized spacial score (nSPS) is 23.4. The van der Waals surface area contributed by atoms with Crippen LogP contribution in [0.1, 0.15) is 44.6 Å². The highest BCUT2D eigenvalue weighted by molar-refractivity contribution is 9.10. The number of aliphatic hydroxyl groups is 1. The Hall–Kier alpha value is -0.540. The summed E-state index contributed by atoms with van der Waals surface area (Å²) in [6.07, 6.45) is 6.63.